The molecule has 3 aromatic rings. The highest BCUT2D eigenvalue weighted by atomic mass is 19.1. The van der Waals surface area contributed by atoms with E-state index in [0.29, 0.717) is 17.4 Å². The molecule has 0 saturated heterocycles. The molecule has 1 aromatic heterocycles. The molecule has 1 N–H and O–H groups in total. The van der Waals surface area contributed by atoms with E-state index in [1.165, 1.54) is 18.6 Å². The van der Waals surface area contributed by atoms with Crippen LogP contribution in [-0.2, 0) is 6.42 Å². The number of aromatic amines is 1. The highest BCUT2D eigenvalue weighted by Gasteiger charge is 2.19. The second kappa shape index (κ2) is 6.75. The standard InChI is InChI=1S/C21H19FN2O2/c1-2-14-10-13(6-9-19(14)22)11-20-18-12-16(26-15-4-3-5-15)7-8-17(18)21(25)24-23-20/h2,6-10,12,15H,1,3-5,11H2,(H,24,25). The van der Waals surface area contributed by atoms with E-state index in [1.807, 2.05) is 12.1 Å². The van der Waals surface area contributed by atoms with Crippen LogP contribution in [0.4, 0.5) is 4.39 Å². The maximum Gasteiger partial charge on any atom is 0.272 e. The molecule has 26 heavy (non-hydrogen) atoms. The van der Waals surface area contributed by atoms with Crippen molar-refractivity contribution in [3.05, 3.63) is 76.0 Å². The summed E-state index contributed by atoms with van der Waals surface area (Å²) in [7, 11) is 0. The fraction of sp³-hybridized carbons (Fsp3) is 0.238. The van der Waals surface area contributed by atoms with Gasteiger partial charge in [-0.05, 0) is 55.2 Å². The van der Waals surface area contributed by atoms with Gasteiger partial charge in [-0.1, -0.05) is 18.7 Å². The van der Waals surface area contributed by atoms with E-state index in [1.54, 1.807) is 18.2 Å². The lowest BCUT2D eigenvalue weighted by atomic mass is 9.96. The van der Waals surface area contributed by atoms with Gasteiger partial charge in [0.1, 0.15) is 11.6 Å². The SMILES string of the molecule is C=Cc1cc(Cc2n[nH]c(=O)c3ccc(OC4CCC4)cc23)ccc1F. The van der Waals surface area contributed by atoms with Crippen molar-refractivity contribution < 1.29 is 9.13 Å². The molecule has 0 amide bonds. The molecule has 1 aliphatic rings. The van der Waals surface area contributed by atoms with Gasteiger partial charge in [0.05, 0.1) is 17.2 Å². The highest BCUT2D eigenvalue weighted by molar-refractivity contribution is 5.85. The molecule has 0 unspecified atom stereocenters. The summed E-state index contributed by atoms with van der Waals surface area (Å²) in [5.74, 6) is 0.445. The average Bonchev–Trinajstić information content (AvgIpc) is 2.62. The van der Waals surface area contributed by atoms with Crippen LogP contribution in [0, 0.1) is 5.82 Å². The first-order valence-electron chi connectivity index (χ1n) is 8.73. The Balaban J connectivity index is 1.73. The number of hydrogen-bond acceptors (Lipinski definition) is 3. The van der Waals surface area contributed by atoms with Crippen LogP contribution in [0.25, 0.3) is 16.8 Å². The van der Waals surface area contributed by atoms with Crippen LogP contribution in [0.1, 0.15) is 36.1 Å². The van der Waals surface area contributed by atoms with E-state index in [4.69, 9.17) is 4.74 Å². The minimum Gasteiger partial charge on any atom is -0.490 e. The molecule has 4 nitrogen and oxygen atoms in total. The number of H-pyrrole nitrogens is 1. The van der Waals surface area contributed by atoms with Crippen LogP contribution < -0.4 is 10.3 Å². The third-order valence-electron chi connectivity index (χ3n) is 4.85. The van der Waals surface area contributed by atoms with E-state index >= 15 is 0 Å². The molecule has 0 atom stereocenters. The van der Waals surface area contributed by atoms with E-state index in [9.17, 15) is 9.18 Å². The molecule has 0 aliphatic heterocycles. The number of halogens is 1. The van der Waals surface area contributed by atoms with Gasteiger partial charge in [0, 0.05) is 17.4 Å². The minimum atomic E-state index is -0.306. The Morgan fingerprint density at radius 1 is 1.23 bits per heavy atom. The maximum atomic E-state index is 13.7. The average molecular weight is 350 g/mol. The van der Waals surface area contributed by atoms with Crippen molar-refractivity contribution in [2.24, 2.45) is 0 Å². The van der Waals surface area contributed by atoms with Gasteiger partial charge in [-0.3, -0.25) is 4.79 Å². The number of ether oxygens (including phenoxy) is 1. The number of nitrogens with zero attached hydrogens (tertiary/aromatic N) is 1. The molecule has 1 aliphatic carbocycles. The molecule has 4 rings (SSSR count). The fourth-order valence-electron chi connectivity index (χ4n) is 3.14. The van der Waals surface area contributed by atoms with Gasteiger partial charge in [0.15, 0.2) is 0 Å². The van der Waals surface area contributed by atoms with Gasteiger partial charge < -0.3 is 4.74 Å². The van der Waals surface area contributed by atoms with Gasteiger partial charge in [-0.15, -0.1) is 0 Å². The summed E-state index contributed by atoms with van der Waals surface area (Å²) in [4.78, 5) is 12.1. The summed E-state index contributed by atoms with van der Waals surface area (Å²) in [5.41, 5.74) is 1.84. The Bertz CT molecular complexity index is 1040. The lowest BCUT2D eigenvalue weighted by Crippen LogP contribution is -2.24. The van der Waals surface area contributed by atoms with Crippen LogP contribution in [0.15, 0.2) is 47.8 Å². The van der Waals surface area contributed by atoms with Crippen molar-refractivity contribution in [1.82, 2.24) is 10.2 Å². The van der Waals surface area contributed by atoms with E-state index in [0.717, 1.165) is 35.2 Å². The topological polar surface area (TPSA) is 55.0 Å². The smallest absolute Gasteiger partial charge is 0.272 e. The molecule has 0 radical (unpaired) electrons. The molecule has 5 heteroatoms. The molecular formula is C21H19FN2O2. The first kappa shape index (κ1) is 16.5. The Morgan fingerprint density at radius 3 is 2.81 bits per heavy atom. The summed E-state index contributed by atoms with van der Waals surface area (Å²) < 4.78 is 19.6. The molecule has 1 heterocycles. The predicted octanol–water partition coefficient (Wildman–Crippen LogP) is 4.23. The monoisotopic (exact) mass is 350 g/mol. The van der Waals surface area contributed by atoms with Crippen molar-refractivity contribution in [3.8, 4) is 5.75 Å². The molecule has 0 spiro atoms. The summed E-state index contributed by atoms with van der Waals surface area (Å²) in [5, 5.41) is 8.10. The number of rotatable bonds is 5. The Morgan fingerprint density at radius 2 is 2.08 bits per heavy atom. The second-order valence-electron chi connectivity index (χ2n) is 6.61. The maximum absolute atomic E-state index is 13.7. The molecular weight excluding hydrogens is 331 g/mol. The largest absolute Gasteiger partial charge is 0.490 e. The van der Waals surface area contributed by atoms with Gasteiger partial charge in [-0.2, -0.15) is 5.10 Å². The highest BCUT2D eigenvalue weighted by Crippen LogP contribution is 2.28. The second-order valence-corrected chi connectivity index (χ2v) is 6.61. The summed E-state index contributed by atoms with van der Waals surface area (Å²) in [6.45, 7) is 3.63. The minimum absolute atomic E-state index is 0.232. The Labute approximate surface area is 150 Å². The zero-order chi connectivity index (χ0) is 18.1. The van der Waals surface area contributed by atoms with E-state index in [-0.39, 0.29) is 17.5 Å². The van der Waals surface area contributed by atoms with Crippen LogP contribution in [0.3, 0.4) is 0 Å². The van der Waals surface area contributed by atoms with Gasteiger partial charge in [0.25, 0.3) is 5.56 Å². The van der Waals surface area contributed by atoms with E-state index < -0.39 is 0 Å². The first-order chi connectivity index (χ1) is 12.6. The van der Waals surface area contributed by atoms with Crippen molar-refractivity contribution >= 4 is 16.8 Å². The lowest BCUT2D eigenvalue weighted by Gasteiger charge is -2.26. The first-order valence-corrected chi connectivity index (χ1v) is 8.73. The Hall–Kier alpha value is -2.95. The van der Waals surface area contributed by atoms with Crippen LogP contribution in [0.2, 0.25) is 0 Å². The summed E-state index contributed by atoms with van der Waals surface area (Å²) in [6, 6.07) is 10.4. The fourth-order valence-corrected chi connectivity index (χ4v) is 3.14. The predicted molar refractivity (Wildman–Crippen MR) is 99.9 cm³/mol. The molecule has 2 aromatic carbocycles. The van der Waals surface area contributed by atoms with Crippen molar-refractivity contribution in [1.29, 1.82) is 0 Å². The number of hydrogen-bond donors (Lipinski definition) is 1. The van der Waals surface area contributed by atoms with Crippen LogP contribution in [-0.4, -0.2) is 16.3 Å². The lowest BCUT2D eigenvalue weighted by molar-refractivity contribution is 0.120. The van der Waals surface area contributed by atoms with Crippen molar-refractivity contribution in [2.75, 3.05) is 0 Å². The zero-order valence-electron chi connectivity index (χ0n) is 14.3. The summed E-state index contributed by atoms with van der Waals surface area (Å²) in [6.07, 6.45) is 5.55. The molecule has 1 saturated carbocycles. The van der Waals surface area contributed by atoms with Crippen molar-refractivity contribution in [2.45, 2.75) is 31.8 Å². The number of fused-ring (bicyclic) bond motifs is 1. The number of benzene rings is 2. The van der Waals surface area contributed by atoms with Gasteiger partial charge in [0.2, 0.25) is 0 Å². The molecule has 0 bridgehead atoms. The summed E-state index contributed by atoms with van der Waals surface area (Å²) >= 11 is 0. The third-order valence-corrected chi connectivity index (χ3v) is 4.85. The normalized spacial score (nSPS) is 14.2. The number of aromatic nitrogens is 2. The number of nitrogens with one attached hydrogen (secondary N) is 1. The van der Waals surface area contributed by atoms with Crippen LogP contribution in [0.5, 0.6) is 5.75 Å². The van der Waals surface area contributed by atoms with Gasteiger partial charge in [-0.25, -0.2) is 9.49 Å². The Kier molecular flexibility index (Phi) is 4.29. The van der Waals surface area contributed by atoms with Crippen molar-refractivity contribution in [3.63, 3.8) is 0 Å². The van der Waals surface area contributed by atoms with Crippen LogP contribution >= 0.6 is 0 Å². The quantitative estimate of drug-likeness (QED) is 0.749. The van der Waals surface area contributed by atoms with E-state index in [2.05, 4.69) is 16.8 Å². The molecule has 1 fully saturated rings. The zero-order valence-corrected chi connectivity index (χ0v) is 14.3. The third kappa shape index (κ3) is 3.12. The van der Waals surface area contributed by atoms with Gasteiger partial charge >= 0.3 is 0 Å². The molecule has 132 valence electrons.